The van der Waals surface area contributed by atoms with Gasteiger partial charge in [-0.15, -0.1) is 0 Å². The molecule has 1 aromatic rings. The Hall–Kier alpha value is -0.420. The molecular weight excluding hydrogens is 292 g/mol. The van der Waals surface area contributed by atoms with Gasteiger partial charge in [0, 0.05) is 23.7 Å². The van der Waals surface area contributed by atoms with Gasteiger partial charge in [-0.2, -0.15) is 0 Å². The number of hydrogen-bond donors (Lipinski definition) is 2. The van der Waals surface area contributed by atoms with Gasteiger partial charge in [0.25, 0.3) is 0 Å². The van der Waals surface area contributed by atoms with Crippen LogP contribution in [0.25, 0.3) is 0 Å². The van der Waals surface area contributed by atoms with E-state index in [9.17, 15) is 0 Å². The molecule has 4 heteroatoms. The molecular formula is C14H23BrN2O. The van der Waals surface area contributed by atoms with Crippen molar-refractivity contribution in [1.29, 1.82) is 0 Å². The molecule has 3 N–H and O–H groups in total. The minimum absolute atomic E-state index is 0.306. The van der Waals surface area contributed by atoms with Crippen molar-refractivity contribution in [3.8, 4) is 0 Å². The summed E-state index contributed by atoms with van der Waals surface area (Å²) in [7, 11) is 1.74. The first-order valence-electron chi connectivity index (χ1n) is 6.38. The summed E-state index contributed by atoms with van der Waals surface area (Å²) in [6.45, 7) is 3.62. The predicted octanol–water partition coefficient (Wildman–Crippen LogP) is 2.85. The molecule has 1 unspecified atom stereocenters. The van der Waals surface area contributed by atoms with E-state index in [0.29, 0.717) is 12.1 Å². The van der Waals surface area contributed by atoms with Crippen LogP contribution in [0.15, 0.2) is 28.7 Å². The number of hydrogen-bond acceptors (Lipinski definition) is 3. The average molecular weight is 315 g/mol. The number of halogens is 1. The molecule has 0 heterocycles. The molecule has 18 heavy (non-hydrogen) atoms. The summed E-state index contributed by atoms with van der Waals surface area (Å²) < 4.78 is 6.36. The number of ether oxygens (including phenoxy) is 1. The van der Waals surface area contributed by atoms with Crippen LogP contribution in [0.3, 0.4) is 0 Å². The predicted molar refractivity (Wildman–Crippen MR) is 79.6 cm³/mol. The van der Waals surface area contributed by atoms with Gasteiger partial charge in [0.05, 0.1) is 6.61 Å². The minimum Gasteiger partial charge on any atom is -0.383 e. The average Bonchev–Trinajstić information content (AvgIpc) is 2.36. The Bertz CT molecular complexity index is 346. The van der Waals surface area contributed by atoms with Gasteiger partial charge in [-0.1, -0.05) is 28.1 Å². The minimum atomic E-state index is 0.306. The molecule has 102 valence electrons. The topological polar surface area (TPSA) is 47.3 Å². The Morgan fingerprint density at radius 3 is 2.83 bits per heavy atom. The number of methoxy groups -OCH3 is 1. The summed E-state index contributed by atoms with van der Waals surface area (Å²) in [4.78, 5) is 0. The molecule has 0 aliphatic heterocycles. The van der Waals surface area contributed by atoms with Crippen LogP contribution in [0.1, 0.15) is 31.4 Å². The van der Waals surface area contributed by atoms with Crippen LogP contribution < -0.4 is 11.1 Å². The molecule has 0 aromatic heterocycles. The molecule has 0 aliphatic rings. The van der Waals surface area contributed by atoms with Crippen molar-refractivity contribution in [2.24, 2.45) is 5.73 Å². The number of nitrogens with one attached hydrogen (secondary N) is 1. The molecule has 0 fully saturated rings. The van der Waals surface area contributed by atoms with Crippen LogP contribution in [-0.2, 0) is 4.74 Å². The summed E-state index contributed by atoms with van der Waals surface area (Å²) in [5, 5.41) is 3.59. The Labute approximate surface area is 118 Å². The molecule has 0 bridgehead atoms. The van der Waals surface area contributed by atoms with E-state index in [1.165, 1.54) is 5.56 Å². The molecule has 1 rings (SSSR count). The van der Waals surface area contributed by atoms with Crippen molar-refractivity contribution < 1.29 is 4.74 Å². The Morgan fingerprint density at radius 1 is 1.44 bits per heavy atom. The Morgan fingerprint density at radius 2 is 2.22 bits per heavy atom. The number of benzene rings is 1. The number of nitrogens with two attached hydrogens (primary N) is 1. The maximum Gasteiger partial charge on any atom is 0.0616 e. The fourth-order valence-corrected chi connectivity index (χ4v) is 2.42. The lowest BCUT2D eigenvalue weighted by Gasteiger charge is -2.23. The summed E-state index contributed by atoms with van der Waals surface area (Å²) in [5.74, 6) is 0. The first-order valence-corrected chi connectivity index (χ1v) is 7.17. The fourth-order valence-electron chi connectivity index (χ4n) is 2.01. The standard InChI is InChI=1S/C14H23BrN2O/c1-11(12-5-3-6-13(15)9-12)17-14(10-18-2)7-4-8-16/h3,5-6,9,11,14,17H,4,7-8,10,16H2,1-2H3/t11-,14?/m0/s1. The Balaban J connectivity index is 2.56. The number of rotatable bonds is 8. The smallest absolute Gasteiger partial charge is 0.0616 e. The second kappa shape index (κ2) is 8.64. The molecule has 3 nitrogen and oxygen atoms in total. The van der Waals surface area contributed by atoms with Gasteiger partial charge >= 0.3 is 0 Å². The molecule has 0 saturated carbocycles. The highest BCUT2D eigenvalue weighted by atomic mass is 79.9. The quantitative estimate of drug-likeness (QED) is 0.775. The van der Waals surface area contributed by atoms with Crippen LogP contribution in [0.2, 0.25) is 0 Å². The third-order valence-corrected chi connectivity index (χ3v) is 3.45. The largest absolute Gasteiger partial charge is 0.383 e. The van der Waals surface area contributed by atoms with E-state index < -0.39 is 0 Å². The van der Waals surface area contributed by atoms with Crippen LogP contribution in [0.4, 0.5) is 0 Å². The normalized spacial score (nSPS) is 14.4. The van der Waals surface area contributed by atoms with Crippen LogP contribution >= 0.6 is 15.9 Å². The fraction of sp³-hybridized carbons (Fsp3) is 0.571. The van der Waals surface area contributed by atoms with Gasteiger partial charge in [-0.05, 0) is 44.0 Å². The molecule has 0 spiro atoms. The van der Waals surface area contributed by atoms with Gasteiger partial charge in [0.1, 0.15) is 0 Å². The van der Waals surface area contributed by atoms with E-state index in [-0.39, 0.29) is 0 Å². The lowest BCUT2D eigenvalue weighted by atomic mass is 10.1. The van der Waals surface area contributed by atoms with E-state index >= 15 is 0 Å². The highest BCUT2D eigenvalue weighted by molar-refractivity contribution is 9.10. The van der Waals surface area contributed by atoms with Crippen LogP contribution in [0.5, 0.6) is 0 Å². The van der Waals surface area contributed by atoms with Crippen molar-refractivity contribution in [1.82, 2.24) is 5.32 Å². The highest BCUT2D eigenvalue weighted by Crippen LogP contribution is 2.18. The zero-order valence-corrected chi connectivity index (χ0v) is 12.7. The monoisotopic (exact) mass is 314 g/mol. The zero-order valence-electron chi connectivity index (χ0n) is 11.2. The highest BCUT2D eigenvalue weighted by Gasteiger charge is 2.13. The van der Waals surface area contributed by atoms with Crippen molar-refractivity contribution in [2.75, 3.05) is 20.3 Å². The van der Waals surface area contributed by atoms with Gasteiger partial charge in [-0.25, -0.2) is 0 Å². The first-order chi connectivity index (χ1) is 8.67. The van der Waals surface area contributed by atoms with Crippen molar-refractivity contribution in [2.45, 2.75) is 31.8 Å². The molecule has 0 aliphatic carbocycles. The van der Waals surface area contributed by atoms with E-state index in [1.54, 1.807) is 7.11 Å². The van der Waals surface area contributed by atoms with Crippen molar-refractivity contribution in [3.63, 3.8) is 0 Å². The Kier molecular flexibility index (Phi) is 7.51. The first kappa shape index (κ1) is 15.6. The van der Waals surface area contributed by atoms with E-state index in [2.05, 4.69) is 46.4 Å². The molecule has 1 aromatic carbocycles. The van der Waals surface area contributed by atoms with E-state index in [0.717, 1.165) is 30.5 Å². The summed E-state index contributed by atoms with van der Waals surface area (Å²) >= 11 is 3.50. The molecule has 2 atom stereocenters. The lowest BCUT2D eigenvalue weighted by Crippen LogP contribution is -2.35. The zero-order chi connectivity index (χ0) is 13.4. The van der Waals surface area contributed by atoms with Gasteiger partial charge < -0.3 is 15.8 Å². The third-order valence-electron chi connectivity index (χ3n) is 2.96. The lowest BCUT2D eigenvalue weighted by molar-refractivity contribution is 0.156. The molecule has 0 amide bonds. The second-order valence-corrected chi connectivity index (χ2v) is 5.44. The summed E-state index contributed by atoms with van der Waals surface area (Å²) in [6, 6.07) is 9.03. The van der Waals surface area contributed by atoms with Crippen molar-refractivity contribution >= 4 is 15.9 Å². The molecule has 0 saturated heterocycles. The van der Waals surface area contributed by atoms with Gasteiger partial charge in [-0.3, -0.25) is 0 Å². The maximum atomic E-state index is 5.56. The second-order valence-electron chi connectivity index (χ2n) is 4.53. The van der Waals surface area contributed by atoms with E-state index in [1.807, 2.05) is 6.07 Å². The third kappa shape index (κ3) is 5.48. The maximum absolute atomic E-state index is 5.56. The van der Waals surface area contributed by atoms with Crippen molar-refractivity contribution in [3.05, 3.63) is 34.3 Å². The SMILES string of the molecule is COCC(CCCN)N[C@@H](C)c1cccc(Br)c1. The van der Waals surface area contributed by atoms with E-state index in [4.69, 9.17) is 10.5 Å². The van der Waals surface area contributed by atoms with Gasteiger partial charge in [0.2, 0.25) is 0 Å². The van der Waals surface area contributed by atoms with Crippen LogP contribution in [0, 0.1) is 0 Å². The van der Waals surface area contributed by atoms with Gasteiger partial charge in [0.15, 0.2) is 0 Å². The molecule has 0 radical (unpaired) electrons. The summed E-state index contributed by atoms with van der Waals surface area (Å²) in [6.07, 6.45) is 2.06. The summed E-state index contributed by atoms with van der Waals surface area (Å²) in [5.41, 5.74) is 6.84. The van der Waals surface area contributed by atoms with Crippen LogP contribution in [-0.4, -0.2) is 26.3 Å².